The van der Waals surface area contributed by atoms with Crippen LogP contribution >= 0.6 is 0 Å². The van der Waals surface area contributed by atoms with Crippen molar-refractivity contribution < 1.29 is 5.11 Å². The summed E-state index contributed by atoms with van der Waals surface area (Å²) in [5, 5.41) is 9.16. The fourth-order valence-electron chi connectivity index (χ4n) is 1.33. The zero-order valence-corrected chi connectivity index (χ0v) is 7.80. The number of rotatable bonds is 3. The first-order valence-electron chi connectivity index (χ1n) is 4.52. The fourth-order valence-corrected chi connectivity index (χ4v) is 1.33. The topological polar surface area (TPSA) is 20.2 Å². The molecule has 0 radical (unpaired) electrons. The highest BCUT2D eigenvalue weighted by molar-refractivity contribution is 5.33. The highest BCUT2D eigenvalue weighted by atomic mass is 16.3. The van der Waals surface area contributed by atoms with Crippen LogP contribution in [0.2, 0.25) is 0 Å². The molecule has 1 N–H and O–H groups in total. The van der Waals surface area contributed by atoms with Gasteiger partial charge in [0.2, 0.25) is 0 Å². The first kappa shape index (κ1) is 9.11. The Balaban J connectivity index is 2.72. The zero-order chi connectivity index (χ0) is 8.97. The summed E-state index contributed by atoms with van der Waals surface area (Å²) in [6, 6.07) is 5.60. The number of aryl methyl sites for hydroxylation is 2. The van der Waals surface area contributed by atoms with E-state index < -0.39 is 0 Å². The third kappa shape index (κ3) is 2.26. The summed E-state index contributed by atoms with van der Waals surface area (Å²) >= 11 is 0. The second-order valence-corrected chi connectivity index (χ2v) is 3.21. The number of benzene rings is 1. The molecule has 1 heteroatoms. The summed E-state index contributed by atoms with van der Waals surface area (Å²) in [5.74, 6) is 0.368. The molecular weight excluding hydrogens is 148 g/mol. The van der Waals surface area contributed by atoms with Crippen LogP contribution in [-0.2, 0) is 6.42 Å². The van der Waals surface area contributed by atoms with Gasteiger partial charge in [0.1, 0.15) is 5.75 Å². The SMILES string of the molecule is CCCCc1ccc(O)cc1C. The molecule has 0 aliphatic rings. The molecule has 0 heterocycles. The van der Waals surface area contributed by atoms with Gasteiger partial charge in [-0.05, 0) is 43.0 Å². The molecule has 0 bridgehead atoms. The third-order valence-corrected chi connectivity index (χ3v) is 2.13. The Kier molecular flexibility index (Phi) is 3.15. The van der Waals surface area contributed by atoms with Gasteiger partial charge in [-0.1, -0.05) is 19.4 Å². The Morgan fingerprint density at radius 1 is 1.33 bits per heavy atom. The van der Waals surface area contributed by atoms with Crippen molar-refractivity contribution in [3.8, 4) is 5.75 Å². The molecule has 1 aromatic rings. The second-order valence-electron chi connectivity index (χ2n) is 3.21. The zero-order valence-electron chi connectivity index (χ0n) is 7.80. The quantitative estimate of drug-likeness (QED) is 0.728. The van der Waals surface area contributed by atoms with Crippen LogP contribution < -0.4 is 0 Å². The number of aromatic hydroxyl groups is 1. The molecule has 0 aromatic heterocycles. The standard InChI is InChI=1S/C11H16O/c1-3-4-5-10-6-7-11(12)8-9(10)2/h6-8,12H,3-5H2,1-2H3. The Labute approximate surface area is 74.1 Å². The fraction of sp³-hybridized carbons (Fsp3) is 0.455. The van der Waals surface area contributed by atoms with Gasteiger partial charge in [-0.2, -0.15) is 0 Å². The lowest BCUT2D eigenvalue weighted by Gasteiger charge is -2.04. The molecule has 0 atom stereocenters. The van der Waals surface area contributed by atoms with Gasteiger partial charge in [0.05, 0.1) is 0 Å². The molecule has 1 nitrogen and oxygen atoms in total. The summed E-state index contributed by atoms with van der Waals surface area (Å²) in [6.07, 6.45) is 3.58. The molecule has 0 aliphatic heterocycles. The average Bonchev–Trinajstić information content (AvgIpc) is 2.03. The van der Waals surface area contributed by atoms with Crippen molar-refractivity contribution in [2.24, 2.45) is 0 Å². The molecule has 66 valence electrons. The molecule has 0 fully saturated rings. The maximum Gasteiger partial charge on any atom is 0.115 e. The molecular formula is C11H16O. The Morgan fingerprint density at radius 3 is 2.67 bits per heavy atom. The smallest absolute Gasteiger partial charge is 0.115 e. The van der Waals surface area contributed by atoms with Crippen molar-refractivity contribution in [1.29, 1.82) is 0 Å². The number of unbranched alkanes of at least 4 members (excludes halogenated alkanes) is 1. The molecule has 1 aromatic carbocycles. The molecule has 0 amide bonds. The monoisotopic (exact) mass is 164 g/mol. The Bertz CT molecular complexity index is 253. The van der Waals surface area contributed by atoms with E-state index >= 15 is 0 Å². The lowest BCUT2D eigenvalue weighted by molar-refractivity contribution is 0.474. The van der Waals surface area contributed by atoms with Gasteiger partial charge >= 0.3 is 0 Å². The molecule has 0 saturated heterocycles. The predicted octanol–water partition coefficient (Wildman–Crippen LogP) is 3.04. The van der Waals surface area contributed by atoms with Crippen molar-refractivity contribution in [1.82, 2.24) is 0 Å². The van der Waals surface area contributed by atoms with E-state index in [0.29, 0.717) is 5.75 Å². The van der Waals surface area contributed by atoms with E-state index in [1.54, 1.807) is 6.07 Å². The number of hydrogen-bond donors (Lipinski definition) is 1. The van der Waals surface area contributed by atoms with Crippen molar-refractivity contribution in [3.63, 3.8) is 0 Å². The summed E-state index contributed by atoms with van der Waals surface area (Å²) in [5.41, 5.74) is 2.55. The van der Waals surface area contributed by atoms with Gasteiger partial charge in [-0.25, -0.2) is 0 Å². The highest BCUT2D eigenvalue weighted by Crippen LogP contribution is 2.17. The molecule has 0 unspecified atom stereocenters. The molecule has 12 heavy (non-hydrogen) atoms. The minimum Gasteiger partial charge on any atom is -0.508 e. The van der Waals surface area contributed by atoms with E-state index in [0.717, 1.165) is 6.42 Å². The van der Waals surface area contributed by atoms with Gasteiger partial charge in [-0.3, -0.25) is 0 Å². The first-order chi connectivity index (χ1) is 5.74. The average molecular weight is 164 g/mol. The summed E-state index contributed by atoms with van der Waals surface area (Å²) in [4.78, 5) is 0. The summed E-state index contributed by atoms with van der Waals surface area (Å²) in [7, 11) is 0. The minimum absolute atomic E-state index is 0.368. The van der Waals surface area contributed by atoms with E-state index in [1.165, 1.54) is 24.0 Å². The van der Waals surface area contributed by atoms with Crippen LogP contribution in [0.1, 0.15) is 30.9 Å². The first-order valence-corrected chi connectivity index (χ1v) is 4.52. The van der Waals surface area contributed by atoms with Crippen LogP contribution in [0.5, 0.6) is 5.75 Å². The maximum atomic E-state index is 9.16. The lowest BCUT2D eigenvalue weighted by Crippen LogP contribution is -1.88. The van der Waals surface area contributed by atoms with Crippen LogP contribution in [0, 0.1) is 6.92 Å². The molecule has 0 spiro atoms. The molecule has 0 saturated carbocycles. The van der Waals surface area contributed by atoms with E-state index in [9.17, 15) is 0 Å². The van der Waals surface area contributed by atoms with Crippen LogP contribution in [-0.4, -0.2) is 5.11 Å². The van der Waals surface area contributed by atoms with Crippen molar-refractivity contribution in [2.75, 3.05) is 0 Å². The number of phenols is 1. The van der Waals surface area contributed by atoms with Gasteiger partial charge in [0, 0.05) is 0 Å². The van der Waals surface area contributed by atoms with Crippen LogP contribution in [0.15, 0.2) is 18.2 Å². The van der Waals surface area contributed by atoms with Gasteiger partial charge in [0.15, 0.2) is 0 Å². The van der Waals surface area contributed by atoms with E-state index in [2.05, 4.69) is 6.92 Å². The Morgan fingerprint density at radius 2 is 2.08 bits per heavy atom. The normalized spacial score (nSPS) is 10.2. The highest BCUT2D eigenvalue weighted by Gasteiger charge is 1.97. The largest absolute Gasteiger partial charge is 0.508 e. The number of hydrogen-bond acceptors (Lipinski definition) is 1. The lowest BCUT2D eigenvalue weighted by atomic mass is 10.0. The third-order valence-electron chi connectivity index (χ3n) is 2.13. The minimum atomic E-state index is 0.368. The summed E-state index contributed by atoms with van der Waals surface area (Å²) in [6.45, 7) is 4.24. The second kappa shape index (κ2) is 4.15. The van der Waals surface area contributed by atoms with Gasteiger partial charge < -0.3 is 5.11 Å². The van der Waals surface area contributed by atoms with Crippen LogP contribution in [0.25, 0.3) is 0 Å². The van der Waals surface area contributed by atoms with Gasteiger partial charge in [-0.15, -0.1) is 0 Å². The van der Waals surface area contributed by atoms with Crippen LogP contribution in [0.3, 0.4) is 0 Å². The summed E-state index contributed by atoms with van der Waals surface area (Å²) < 4.78 is 0. The van der Waals surface area contributed by atoms with Crippen molar-refractivity contribution in [3.05, 3.63) is 29.3 Å². The predicted molar refractivity (Wildman–Crippen MR) is 51.5 cm³/mol. The van der Waals surface area contributed by atoms with E-state index in [1.807, 2.05) is 19.1 Å². The van der Waals surface area contributed by atoms with E-state index in [-0.39, 0.29) is 0 Å². The van der Waals surface area contributed by atoms with Crippen LogP contribution in [0.4, 0.5) is 0 Å². The van der Waals surface area contributed by atoms with E-state index in [4.69, 9.17) is 5.11 Å². The molecule has 1 rings (SSSR count). The van der Waals surface area contributed by atoms with Crippen molar-refractivity contribution >= 4 is 0 Å². The molecule has 0 aliphatic carbocycles. The Hall–Kier alpha value is -0.980. The number of phenolic OH excluding ortho intramolecular Hbond substituents is 1. The van der Waals surface area contributed by atoms with Gasteiger partial charge in [0.25, 0.3) is 0 Å². The maximum absolute atomic E-state index is 9.16. The van der Waals surface area contributed by atoms with Crippen molar-refractivity contribution in [2.45, 2.75) is 33.1 Å².